The number of carbonyl (C=O) groups excluding carboxylic acids is 2. The third-order valence-electron chi connectivity index (χ3n) is 3.44. The molecule has 136 valence electrons. The summed E-state index contributed by atoms with van der Waals surface area (Å²) in [6, 6.07) is 13.1. The molecule has 0 fully saturated rings. The number of esters is 1. The minimum Gasteiger partial charge on any atom is -0.462 e. The van der Waals surface area contributed by atoms with Crippen molar-refractivity contribution in [3.8, 4) is 0 Å². The van der Waals surface area contributed by atoms with Gasteiger partial charge < -0.3 is 10.1 Å². The number of amides is 1. The van der Waals surface area contributed by atoms with E-state index in [0.717, 1.165) is 12.8 Å². The maximum absolute atomic E-state index is 12.1. The van der Waals surface area contributed by atoms with Crippen LogP contribution < -0.4 is 10.6 Å². The van der Waals surface area contributed by atoms with Gasteiger partial charge in [-0.05, 0) is 67.2 Å². The molecule has 2 aromatic carbocycles. The molecule has 0 heterocycles. The number of ether oxygens (including phenoxy) is 1. The Morgan fingerprint density at radius 3 is 2.27 bits per heavy atom. The van der Waals surface area contributed by atoms with Gasteiger partial charge in [0.2, 0.25) is 0 Å². The summed E-state index contributed by atoms with van der Waals surface area (Å²) >= 11 is 10.9. The molecule has 5 nitrogen and oxygen atoms in total. The van der Waals surface area contributed by atoms with Gasteiger partial charge in [0.15, 0.2) is 5.11 Å². The molecule has 0 bridgehead atoms. The van der Waals surface area contributed by atoms with E-state index in [9.17, 15) is 9.59 Å². The molecule has 0 aliphatic heterocycles. The van der Waals surface area contributed by atoms with E-state index in [-0.39, 0.29) is 17.0 Å². The summed E-state index contributed by atoms with van der Waals surface area (Å²) in [6.07, 6.45) is 1.81. The highest BCUT2D eigenvalue weighted by atomic mass is 35.5. The van der Waals surface area contributed by atoms with Gasteiger partial charge in [0.25, 0.3) is 5.91 Å². The molecular weight excluding hydrogens is 372 g/mol. The van der Waals surface area contributed by atoms with E-state index in [2.05, 4.69) is 10.6 Å². The zero-order valence-corrected chi connectivity index (χ0v) is 15.8. The first-order valence-corrected chi connectivity index (χ1v) is 8.93. The standard InChI is InChI=1S/C19H19ClN2O3S/c1-2-3-12-25-18(24)14-6-10-16(11-7-14)21-19(26)22-17(23)13-4-8-15(20)9-5-13/h4-11H,2-3,12H2,1H3,(H2,21,22,23,26). The minimum absolute atomic E-state index is 0.156. The number of carbonyl (C=O) groups is 2. The summed E-state index contributed by atoms with van der Waals surface area (Å²) in [6.45, 7) is 2.44. The Labute approximate surface area is 162 Å². The lowest BCUT2D eigenvalue weighted by Gasteiger charge is -2.10. The monoisotopic (exact) mass is 390 g/mol. The Morgan fingerprint density at radius 2 is 1.65 bits per heavy atom. The number of thiocarbonyl (C=S) groups is 1. The van der Waals surface area contributed by atoms with Crippen molar-refractivity contribution in [2.24, 2.45) is 0 Å². The average Bonchev–Trinajstić information content (AvgIpc) is 2.62. The Hall–Kier alpha value is -2.44. The maximum atomic E-state index is 12.1. The van der Waals surface area contributed by atoms with E-state index in [1.807, 2.05) is 6.92 Å². The second-order valence-electron chi connectivity index (χ2n) is 5.48. The third-order valence-corrected chi connectivity index (χ3v) is 3.90. The number of rotatable bonds is 6. The zero-order chi connectivity index (χ0) is 18.9. The number of hydrogen-bond donors (Lipinski definition) is 2. The first kappa shape index (κ1) is 19.9. The third kappa shape index (κ3) is 6.13. The second kappa shape index (κ2) is 9.89. The first-order chi connectivity index (χ1) is 12.5. The predicted molar refractivity (Wildman–Crippen MR) is 107 cm³/mol. The Morgan fingerprint density at radius 1 is 1.04 bits per heavy atom. The number of nitrogens with one attached hydrogen (secondary N) is 2. The fourth-order valence-corrected chi connectivity index (χ4v) is 2.36. The van der Waals surface area contributed by atoms with Gasteiger partial charge in [0.1, 0.15) is 0 Å². The number of unbranched alkanes of at least 4 members (excludes halogenated alkanes) is 1. The Bertz CT molecular complexity index is 776. The first-order valence-electron chi connectivity index (χ1n) is 8.14. The maximum Gasteiger partial charge on any atom is 0.338 e. The zero-order valence-electron chi connectivity index (χ0n) is 14.3. The van der Waals surface area contributed by atoms with Gasteiger partial charge in [-0.25, -0.2) is 4.79 Å². The summed E-state index contributed by atoms with van der Waals surface area (Å²) in [5, 5.41) is 6.18. The molecular formula is C19H19ClN2O3S. The normalized spacial score (nSPS) is 10.1. The van der Waals surface area contributed by atoms with Crippen LogP contribution in [-0.2, 0) is 4.74 Å². The van der Waals surface area contributed by atoms with E-state index >= 15 is 0 Å². The van der Waals surface area contributed by atoms with Crippen LogP contribution in [0.5, 0.6) is 0 Å². The van der Waals surface area contributed by atoms with Crippen LogP contribution in [0.1, 0.15) is 40.5 Å². The van der Waals surface area contributed by atoms with Crippen molar-refractivity contribution < 1.29 is 14.3 Å². The molecule has 0 aliphatic carbocycles. The number of hydrogen-bond acceptors (Lipinski definition) is 4. The molecule has 0 atom stereocenters. The molecule has 0 saturated carbocycles. The van der Waals surface area contributed by atoms with Gasteiger partial charge >= 0.3 is 5.97 Å². The molecule has 2 N–H and O–H groups in total. The molecule has 0 unspecified atom stereocenters. The van der Waals surface area contributed by atoms with Crippen LogP contribution in [0.4, 0.5) is 5.69 Å². The lowest BCUT2D eigenvalue weighted by atomic mass is 10.2. The molecule has 0 aromatic heterocycles. The topological polar surface area (TPSA) is 67.4 Å². The minimum atomic E-state index is -0.358. The van der Waals surface area contributed by atoms with Crippen molar-refractivity contribution in [2.75, 3.05) is 11.9 Å². The number of anilines is 1. The number of benzene rings is 2. The van der Waals surface area contributed by atoms with Crippen molar-refractivity contribution in [2.45, 2.75) is 19.8 Å². The Balaban J connectivity index is 1.87. The smallest absolute Gasteiger partial charge is 0.338 e. The SMILES string of the molecule is CCCCOC(=O)c1ccc(NC(=S)NC(=O)c2ccc(Cl)cc2)cc1. The summed E-state index contributed by atoms with van der Waals surface area (Å²) in [4.78, 5) is 23.9. The van der Waals surface area contributed by atoms with Crippen molar-refractivity contribution >= 4 is 46.5 Å². The predicted octanol–water partition coefficient (Wildman–Crippen LogP) is 4.42. The largest absolute Gasteiger partial charge is 0.462 e. The van der Waals surface area contributed by atoms with Gasteiger partial charge in [-0.3, -0.25) is 10.1 Å². The van der Waals surface area contributed by atoms with Crippen LogP contribution in [0, 0.1) is 0 Å². The van der Waals surface area contributed by atoms with Crippen molar-refractivity contribution in [3.63, 3.8) is 0 Å². The second-order valence-corrected chi connectivity index (χ2v) is 6.33. The quantitative estimate of drug-likeness (QED) is 0.434. The van der Waals surface area contributed by atoms with Crippen LogP contribution in [-0.4, -0.2) is 23.6 Å². The molecule has 0 radical (unpaired) electrons. The van der Waals surface area contributed by atoms with Crippen LogP contribution in [0.15, 0.2) is 48.5 Å². The summed E-state index contributed by atoms with van der Waals surface area (Å²) in [7, 11) is 0. The summed E-state index contributed by atoms with van der Waals surface area (Å²) in [5.74, 6) is -0.695. The van der Waals surface area contributed by atoms with Gasteiger partial charge in [-0.1, -0.05) is 24.9 Å². The Kier molecular flexibility index (Phi) is 7.56. The fraction of sp³-hybridized carbons (Fsp3) is 0.211. The molecule has 0 aliphatic rings. The van der Waals surface area contributed by atoms with E-state index in [1.54, 1.807) is 48.5 Å². The van der Waals surface area contributed by atoms with E-state index < -0.39 is 0 Å². The van der Waals surface area contributed by atoms with Crippen LogP contribution in [0.25, 0.3) is 0 Å². The average molecular weight is 391 g/mol. The van der Waals surface area contributed by atoms with E-state index in [4.69, 9.17) is 28.6 Å². The molecule has 26 heavy (non-hydrogen) atoms. The fourth-order valence-electron chi connectivity index (χ4n) is 2.02. The lowest BCUT2D eigenvalue weighted by molar-refractivity contribution is 0.0499. The molecule has 1 amide bonds. The van der Waals surface area contributed by atoms with Crippen molar-refractivity contribution in [1.82, 2.24) is 5.32 Å². The van der Waals surface area contributed by atoms with Gasteiger partial charge in [0.05, 0.1) is 12.2 Å². The van der Waals surface area contributed by atoms with E-state index in [0.29, 0.717) is 28.4 Å². The van der Waals surface area contributed by atoms with Crippen LogP contribution in [0.2, 0.25) is 5.02 Å². The molecule has 2 rings (SSSR count). The molecule has 2 aromatic rings. The number of halogens is 1. The van der Waals surface area contributed by atoms with Crippen molar-refractivity contribution in [3.05, 3.63) is 64.7 Å². The van der Waals surface area contributed by atoms with E-state index in [1.165, 1.54) is 0 Å². The highest BCUT2D eigenvalue weighted by Gasteiger charge is 2.09. The highest BCUT2D eigenvalue weighted by Crippen LogP contribution is 2.12. The van der Waals surface area contributed by atoms with Gasteiger partial charge in [-0.15, -0.1) is 0 Å². The van der Waals surface area contributed by atoms with Crippen LogP contribution in [0.3, 0.4) is 0 Å². The van der Waals surface area contributed by atoms with Crippen LogP contribution >= 0.6 is 23.8 Å². The summed E-state index contributed by atoms with van der Waals surface area (Å²) < 4.78 is 5.15. The highest BCUT2D eigenvalue weighted by molar-refractivity contribution is 7.80. The molecule has 0 saturated heterocycles. The molecule has 7 heteroatoms. The lowest BCUT2D eigenvalue weighted by Crippen LogP contribution is -2.34. The summed E-state index contributed by atoms with van der Waals surface area (Å²) in [5.41, 5.74) is 1.56. The van der Waals surface area contributed by atoms with Gasteiger partial charge in [0, 0.05) is 16.3 Å². The van der Waals surface area contributed by atoms with Gasteiger partial charge in [-0.2, -0.15) is 0 Å². The molecule has 0 spiro atoms. The van der Waals surface area contributed by atoms with Crippen molar-refractivity contribution in [1.29, 1.82) is 0 Å².